The summed E-state index contributed by atoms with van der Waals surface area (Å²) in [6.07, 6.45) is 3.00. The predicted octanol–water partition coefficient (Wildman–Crippen LogP) is 5.02. The van der Waals surface area contributed by atoms with Crippen molar-refractivity contribution < 1.29 is 18.8 Å². The number of amides is 4. The summed E-state index contributed by atoms with van der Waals surface area (Å²) in [5, 5.41) is 2.25. The maximum Gasteiger partial charge on any atom is 0.331 e. The Kier molecular flexibility index (Phi) is 5.66. The number of nitrogens with one attached hydrogen (secondary N) is 1. The molecule has 3 heterocycles. The molecule has 0 radical (unpaired) electrons. The van der Waals surface area contributed by atoms with Gasteiger partial charge in [0, 0.05) is 17.1 Å². The van der Waals surface area contributed by atoms with Gasteiger partial charge in [0.2, 0.25) is 0 Å². The zero-order chi connectivity index (χ0) is 24.5. The summed E-state index contributed by atoms with van der Waals surface area (Å²) >= 11 is 0. The zero-order valence-corrected chi connectivity index (χ0v) is 19.3. The number of rotatable bonds is 5. The molecule has 1 aliphatic heterocycles. The molecule has 0 saturated carbocycles. The summed E-state index contributed by atoms with van der Waals surface area (Å²) < 4.78 is 7.32. The number of urea groups is 1. The maximum atomic E-state index is 13.0. The van der Waals surface area contributed by atoms with Crippen LogP contribution in [0.2, 0.25) is 0 Å². The van der Waals surface area contributed by atoms with E-state index in [-0.39, 0.29) is 12.1 Å². The molecule has 7 nitrogen and oxygen atoms in total. The van der Waals surface area contributed by atoms with Gasteiger partial charge in [0.25, 0.3) is 11.8 Å². The minimum Gasteiger partial charge on any atom is -0.467 e. The molecule has 4 amide bonds. The molecule has 0 unspecified atom stereocenters. The fraction of sp³-hybridized carbons (Fsp3) is 0.107. The van der Waals surface area contributed by atoms with Crippen LogP contribution in [0.1, 0.15) is 22.7 Å². The molecule has 0 bridgehead atoms. The Morgan fingerprint density at radius 3 is 2.29 bits per heavy atom. The Bertz CT molecular complexity index is 1450. The Morgan fingerprint density at radius 1 is 0.886 bits per heavy atom. The van der Waals surface area contributed by atoms with E-state index in [1.54, 1.807) is 12.1 Å². The molecule has 5 rings (SSSR count). The third-order valence-electron chi connectivity index (χ3n) is 6.08. The molecule has 0 aliphatic carbocycles. The van der Waals surface area contributed by atoms with Crippen molar-refractivity contribution in [3.05, 3.63) is 107 Å². The van der Waals surface area contributed by atoms with Crippen LogP contribution >= 0.6 is 0 Å². The van der Waals surface area contributed by atoms with Gasteiger partial charge in [-0.3, -0.25) is 19.8 Å². The number of benzene rings is 2. The van der Waals surface area contributed by atoms with Crippen molar-refractivity contribution in [2.24, 2.45) is 0 Å². The van der Waals surface area contributed by atoms with Gasteiger partial charge in [0.15, 0.2) is 0 Å². The van der Waals surface area contributed by atoms with Crippen LogP contribution in [0.25, 0.3) is 22.9 Å². The molecule has 0 atom stereocenters. The molecule has 1 saturated heterocycles. The van der Waals surface area contributed by atoms with Crippen molar-refractivity contribution in [1.29, 1.82) is 0 Å². The number of hydrogen-bond acceptors (Lipinski definition) is 4. The molecule has 2 aromatic carbocycles. The van der Waals surface area contributed by atoms with E-state index in [0.29, 0.717) is 5.76 Å². The minimum atomic E-state index is -0.766. The first kappa shape index (κ1) is 22.2. The lowest BCUT2D eigenvalue weighted by Gasteiger charge is -2.25. The summed E-state index contributed by atoms with van der Waals surface area (Å²) in [6, 6.07) is 22.9. The minimum absolute atomic E-state index is 0.0604. The molecule has 1 N–H and O–H groups in total. The summed E-state index contributed by atoms with van der Waals surface area (Å²) in [4.78, 5) is 38.8. The summed E-state index contributed by atoms with van der Waals surface area (Å²) in [5.74, 6) is -0.931. The number of aryl methyl sites for hydroxylation is 1. The first-order chi connectivity index (χ1) is 16.9. The van der Waals surface area contributed by atoms with Crippen LogP contribution in [0.5, 0.6) is 0 Å². The van der Waals surface area contributed by atoms with Crippen molar-refractivity contribution in [3.63, 3.8) is 0 Å². The van der Waals surface area contributed by atoms with Crippen LogP contribution in [0, 0.1) is 13.8 Å². The number of aromatic nitrogens is 1. The van der Waals surface area contributed by atoms with Crippen LogP contribution in [0.3, 0.4) is 0 Å². The van der Waals surface area contributed by atoms with E-state index in [9.17, 15) is 14.4 Å². The van der Waals surface area contributed by atoms with Gasteiger partial charge in [0.05, 0.1) is 12.8 Å². The van der Waals surface area contributed by atoms with E-state index >= 15 is 0 Å². The Balaban J connectivity index is 1.46. The van der Waals surface area contributed by atoms with Gasteiger partial charge < -0.3 is 8.98 Å². The van der Waals surface area contributed by atoms with Crippen molar-refractivity contribution in [2.45, 2.75) is 20.4 Å². The number of hydrogen-bond donors (Lipinski definition) is 1. The number of barbiturate groups is 1. The molecule has 2 aromatic heterocycles. The molecular formula is C28H23N3O4. The van der Waals surface area contributed by atoms with Gasteiger partial charge in [0.1, 0.15) is 11.3 Å². The highest BCUT2D eigenvalue weighted by Crippen LogP contribution is 2.27. The molecule has 35 heavy (non-hydrogen) atoms. The molecule has 4 aromatic rings. The molecular weight excluding hydrogens is 442 g/mol. The van der Waals surface area contributed by atoms with Gasteiger partial charge in [-0.1, -0.05) is 42.5 Å². The van der Waals surface area contributed by atoms with Crippen molar-refractivity contribution in [1.82, 2.24) is 14.8 Å². The topological polar surface area (TPSA) is 84.6 Å². The lowest BCUT2D eigenvalue weighted by molar-refractivity contribution is -0.130. The SMILES string of the molecule is Cc1cc(C=C2C(=O)NC(=O)N(Cc3ccco3)C2=O)c(C)n1-c1ccc(-c2ccccc2)cc1. The summed E-state index contributed by atoms with van der Waals surface area (Å²) in [7, 11) is 0. The number of imide groups is 2. The largest absolute Gasteiger partial charge is 0.467 e. The van der Waals surface area contributed by atoms with E-state index in [1.807, 2.05) is 50.2 Å². The second-order valence-corrected chi connectivity index (χ2v) is 8.36. The highest BCUT2D eigenvalue weighted by Gasteiger charge is 2.36. The normalized spacial score (nSPS) is 15.1. The molecule has 7 heteroatoms. The number of carbonyl (C=O) groups is 3. The third kappa shape index (κ3) is 4.19. The van der Waals surface area contributed by atoms with Crippen molar-refractivity contribution in [2.75, 3.05) is 0 Å². The molecule has 0 spiro atoms. The van der Waals surface area contributed by atoms with Crippen LogP contribution in [0.4, 0.5) is 4.79 Å². The van der Waals surface area contributed by atoms with E-state index < -0.39 is 17.8 Å². The first-order valence-electron chi connectivity index (χ1n) is 11.2. The van der Waals surface area contributed by atoms with Crippen molar-refractivity contribution in [3.8, 4) is 16.8 Å². The number of furan rings is 1. The van der Waals surface area contributed by atoms with Crippen LogP contribution in [-0.4, -0.2) is 27.3 Å². The van der Waals surface area contributed by atoms with Crippen LogP contribution < -0.4 is 5.32 Å². The summed E-state index contributed by atoms with van der Waals surface area (Å²) in [6.45, 7) is 3.84. The highest BCUT2D eigenvalue weighted by molar-refractivity contribution is 6.31. The fourth-order valence-electron chi connectivity index (χ4n) is 4.32. The lowest BCUT2D eigenvalue weighted by Crippen LogP contribution is -2.53. The van der Waals surface area contributed by atoms with Gasteiger partial charge in [-0.2, -0.15) is 0 Å². The van der Waals surface area contributed by atoms with E-state index in [0.717, 1.165) is 38.7 Å². The van der Waals surface area contributed by atoms with Gasteiger partial charge >= 0.3 is 6.03 Å². The second-order valence-electron chi connectivity index (χ2n) is 8.36. The van der Waals surface area contributed by atoms with Gasteiger partial charge in [-0.25, -0.2) is 4.79 Å². The third-order valence-corrected chi connectivity index (χ3v) is 6.08. The van der Waals surface area contributed by atoms with Crippen LogP contribution in [-0.2, 0) is 16.1 Å². The van der Waals surface area contributed by atoms with Gasteiger partial charge in [-0.15, -0.1) is 0 Å². The second kappa shape index (κ2) is 8.95. The van der Waals surface area contributed by atoms with E-state index in [2.05, 4.69) is 34.1 Å². The number of carbonyl (C=O) groups excluding carboxylic acids is 3. The summed E-state index contributed by atoms with van der Waals surface area (Å²) in [5.41, 5.74) is 5.67. The average Bonchev–Trinajstić information content (AvgIpc) is 3.47. The van der Waals surface area contributed by atoms with E-state index in [1.165, 1.54) is 12.3 Å². The lowest BCUT2D eigenvalue weighted by atomic mass is 10.1. The van der Waals surface area contributed by atoms with Crippen LogP contribution in [0.15, 0.2) is 89.0 Å². The molecule has 1 fully saturated rings. The number of nitrogens with zero attached hydrogens (tertiary/aromatic N) is 2. The average molecular weight is 466 g/mol. The molecule has 174 valence electrons. The fourth-order valence-corrected chi connectivity index (χ4v) is 4.32. The monoisotopic (exact) mass is 465 g/mol. The zero-order valence-electron chi connectivity index (χ0n) is 19.3. The Hall–Kier alpha value is -4.65. The van der Waals surface area contributed by atoms with Crippen molar-refractivity contribution >= 4 is 23.9 Å². The highest BCUT2D eigenvalue weighted by atomic mass is 16.3. The van der Waals surface area contributed by atoms with E-state index in [4.69, 9.17) is 4.42 Å². The molecule has 1 aliphatic rings. The standard InChI is InChI=1S/C28H23N3O4/c1-18-15-22(16-25-26(32)29-28(34)30(27(25)33)17-24-9-6-14-35-24)19(2)31(18)23-12-10-21(11-13-23)20-7-4-3-5-8-20/h3-16H,17H2,1-2H3,(H,29,32,34). The predicted molar refractivity (Wildman–Crippen MR) is 131 cm³/mol. The smallest absolute Gasteiger partial charge is 0.331 e. The maximum absolute atomic E-state index is 13.0. The first-order valence-corrected chi connectivity index (χ1v) is 11.2. The quantitative estimate of drug-likeness (QED) is 0.331. The Morgan fingerprint density at radius 2 is 1.60 bits per heavy atom. The Labute approximate surface area is 202 Å². The van der Waals surface area contributed by atoms with Gasteiger partial charge in [-0.05, 0) is 66.9 Å².